The summed E-state index contributed by atoms with van der Waals surface area (Å²) in [5.41, 5.74) is 4.60. The maximum atomic E-state index is 14.0. The molecule has 6 nitrogen and oxygen atoms in total. The zero-order valence-electron chi connectivity index (χ0n) is 26.2. The van der Waals surface area contributed by atoms with E-state index in [0.29, 0.717) is 19.4 Å². The number of ether oxygens (including phenoxy) is 2. The number of likely N-dealkylation sites (tertiary alicyclic amines) is 1. The minimum Gasteiger partial charge on any atom is -0.487 e. The van der Waals surface area contributed by atoms with Crippen LogP contribution >= 0.6 is 0 Å². The van der Waals surface area contributed by atoms with Crippen LogP contribution in [0.1, 0.15) is 80.7 Å². The largest absolute Gasteiger partial charge is 0.487 e. The summed E-state index contributed by atoms with van der Waals surface area (Å²) < 4.78 is 13.6. The standard InChI is InChI=1S/C37H44N2O4/c1-23(2)21-39(33(41)14-13-27-10-9-24(3)25(4)19-27)30-15-16-37(43-26(5)40)32-20-29-7-6-8-31-34(29)36(37,35(30)42-31)17-18-38(32)22-28-11-12-28/h6-10,19,23,28,30,32,35H,11-12,15-18,20-22H2,1-5H3/t30-,32+,35-,36-,37+/m0/s1. The molecule has 226 valence electrons. The van der Waals surface area contributed by atoms with E-state index in [0.717, 1.165) is 43.2 Å². The van der Waals surface area contributed by atoms with Gasteiger partial charge in [-0.05, 0) is 106 Å². The fraction of sp³-hybridized carbons (Fsp3) is 0.568. The highest BCUT2D eigenvalue weighted by atomic mass is 16.6. The molecule has 7 rings (SSSR count). The van der Waals surface area contributed by atoms with Crippen LogP contribution in [0.15, 0.2) is 36.4 Å². The predicted molar refractivity (Wildman–Crippen MR) is 166 cm³/mol. The van der Waals surface area contributed by atoms with Crippen molar-refractivity contribution < 1.29 is 19.1 Å². The summed E-state index contributed by atoms with van der Waals surface area (Å²) in [6, 6.07) is 12.5. The number of carbonyl (C=O) groups excluding carboxylic acids is 2. The van der Waals surface area contributed by atoms with Crippen molar-refractivity contribution in [3.05, 3.63) is 64.2 Å². The second kappa shape index (κ2) is 10.4. The number of hydrogen-bond acceptors (Lipinski definition) is 5. The number of benzene rings is 2. The number of carbonyl (C=O) groups is 2. The molecule has 2 aliphatic heterocycles. The number of aryl methyl sites for hydroxylation is 2. The molecule has 3 fully saturated rings. The Labute approximate surface area is 256 Å². The van der Waals surface area contributed by atoms with E-state index in [9.17, 15) is 9.59 Å². The first-order chi connectivity index (χ1) is 20.6. The monoisotopic (exact) mass is 580 g/mol. The van der Waals surface area contributed by atoms with Crippen molar-refractivity contribution in [2.45, 2.75) is 102 Å². The summed E-state index contributed by atoms with van der Waals surface area (Å²) in [5, 5.41) is 0. The minimum absolute atomic E-state index is 0.109. The molecule has 1 saturated heterocycles. The fourth-order valence-corrected chi connectivity index (χ4v) is 8.96. The second-order valence-electron chi connectivity index (χ2n) is 14.2. The van der Waals surface area contributed by atoms with Crippen molar-refractivity contribution in [3.8, 4) is 17.6 Å². The van der Waals surface area contributed by atoms with Gasteiger partial charge in [0.05, 0.1) is 17.5 Å². The molecule has 0 unspecified atom stereocenters. The van der Waals surface area contributed by atoms with Gasteiger partial charge in [0.1, 0.15) is 17.5 Å². The fourth-order valence-electron chi connectivity index (χ4n) is 8.96. The molecular formula is C37H44N2O4. The highest BCUT2D eigenvalue weighted by molar-refractivity contribution is 5.94. The highest BCUT2D eigenvalue weighted by Gasteiger charge is 2.75. The summed E-state index contributed by atoms with van der Waals surface area (Å²) in [6.45, 7) is 12.6. The van der Waals surface area contributed by atoms with Crippen LogP contribution in [0.5, 0.6) is 5.75 Å². The lowest BCUT2D eigenvalue weighted by Crippen LogP contribution is -2.79. The number of hydrogen-bond donors (Lipinski definition) is 0. The maximum absolute atomic E-state index is 14.0. The van der Waals surface area contributed by atoms with Crippen LogP contribution in [0.4, 0.5) is 0 Å². The van der Waals surface area contributed by atoms with Gasteiger partial charge >= 0.3 is 5.97 Å². The van der Waals surface area contributed by atoms with Gasteiger partial charge in [0.25, 0.3) is 5.91 Å². The lowest BCUT2D eigenvalue weighted by Gasteiger charge is -2.65. The Bertz CT molecular complexity index is 1530. The van der Waals surface area contributed by atoms with Gasteiger partial charge in [0.15, 0.2) is 0 Å². The van der Waals surface area contributed by atoms with E-state index in [2.05, 4.69) is 68.7 Å². The zero-order chi connectivity index (χ0) is 30.1. The molecule has 6 heteroatoms. The molecule has 2 aromatic carbocycles. The van der Waals surface area contributed by atoms with Crippen molar-refractivity contribution in [2.24, 2.45) is 11.8 Å². The number of esters is 1. The van der Waals surface area contributed by atoms with Gasteiger partial charge in [-0.2, -0.15) is 0 Å². The molecular weight excluding hydrogens is 536 g/mol. The molecule has 2 heterocycles. The van der Waals surface area contributed by atoms with E-state index in [1.807, 2.05) is 17.0 Å². The SMILES string of the molecule is CC(=O)O[C@@]12CC[C@H](N(CC(C)C)C(=O)C#Cc3ccc(C)c(C)c3)[C@@H]3Oc4cccc5c4[C@@]31CCN(CC1CC1)[C@@H]2C5. The smallest absolute Gasteiger partial charge is 0.303 e. The van der Waals surface area contributed by atoms with E-state index >= 15 is 0 Å². The van der Waals surface area contributed by atoms with Crippen LogP contribution in [-0.2, 0) is 26.2 Å². The van der Waals surface area contributed by atoms with Gasteiger partial charge in [-0.25, -0.2) is 0 Å². The van der Waals surface area contributed by atoms with Gasteiger partial charge in [-0.1, -0.05) is 38.0 Å². The normalized spacial score (nSPS) is 30.1. The third kappa shape index (κ3) is 4.49. The topological polar surface area (TPSA) is 59.1 Å². The van der Waals surface area contributed by atoms with E-state index < -0.39 is 11.0 Å². The Morgan fingerprint density at radius 1 is 1.12 bits per heavy atom. The molecule has 0 N–H and O–H groups in total. The lowest BCUT2D eigenvalue weighted by molar-refractivity contribution is -0.224. The molecule has 5 atom stereocenters. The highest BCUT2D eigenvalue weighted by Crippen LogP contribution is 2.66. The van der Waals surface area contributed by atoms with Crippen molar-refractivity contribution in [3.63, 3.8) is 0 Å². The maximum Gasteiger partial charge on any atom is 0.303 e. The molecule has 0 radical (unpaired) electrons. The van der Waals surface area contributed by atoms with Crippen molar-refractivity contribution in [2.75, 3.05) is 19.6 Å². The Balaban J connectivity index is 1.31. The van der Waals surface area contributed by atoms with Gasteiger partial charge in [0, 0.05) is 37.1 Å². The summed E-state index contributed by atoms with van der Waals surface area (Å²) >= 11 is 0. The van der Waals surface area contributed by atoms with E-state index in [-0.39, 0.29) is 36.0 Å². The average Bonchev–Trinajstić information content (AvgIpc) is 3.71. The van der Waals surface area contributed by atoms with Gasteiger partial charge in [-0.15, -0.1) is 0 Å². The van der Waals surface area contributed by atoms with Crippen LogP contribution in [0.3, 0.4) is 0 Å². The number of nitrogens with zero attached hydrogens (tertiary/aromatic N) is 2. The lowest BCUT2D eigenvalue weighted by atomic mass is 9.48. The molecule has 5 aliphatic rings. The van der Waals surface area contributed by atoms with Crippen LogP contribution < -0.4 is 4.74 Å². The number of piperidine rings is 1. The number of rotatable bonds is 6. The Kier molecular flexibility index (Phi) is 6.89. The third-order valence-corrected chi connectivity index (χ3v) is 11.0. The van der Waals surface area contributed by atoms with E-state index in [1.54, 1.807) is 6.92 Å². The molecule has 0 aromatic heterocycles. The first-order valence-corrected chi connectivity index (χ1v) is 16.3. The van der Waals surface area contributed by atoms with Crippen LogP contribution in [0, 0.1) is 37.5 Å². The van der Waals surface area contributed by atoms with Crippen molar-refractivity contribution in [1.29, 1.82) is 0 Å². The number of amides is 1. The van der Waals surface area contributed by atoms with Crippen LogP contribution in [-0.4, -0.2) is 65.1 Å². The average molecular weight is 581 g/mol. The van der Waals surface area contributed by atoms with Gasteiger partial charge < -0.3 is 14.4 Å². The summed E-state index contributed by atoms with van der Waals surface area (Å²) in [5.74, 6) is 7.69. The summed E-state index contributed by atoms with van der Waals surface area (Å²) in [4.78, 5) is 31.6. The molecule has 2 saturated carbocycles. The van der Waals surface area contributed by atoms with Crippen molar-refractivity contribution in [1.82, 2.24) is 9.80 Å². The Morgan fingerprint density at radius 3 is 2.65 bits per heavy atom. The molecule has 2 bridgehead atoms. The van der Waals surface area contributed by atoms with Gasteiger partial charge in [0.2, 0.25) is 0 Å². The Morgan fingerprint density at radius 2 is 1.93 bits per heavy atom. The quantitative estimate of drug-likeness (QED) is 0.341. The molecule has 1 spiro atoms. The van der Waals surface area contributed by atoms with Crippen LogP contribution in [0.25, 0.3) is 0 Å². The van der Waals surface area contributed by atoms with E-state index in [4.69, 9.17) is 9.47 Å². The Hall–Kier alpha value is -3.30. The van der Waals surface area contributed by atoms with Gasteiger partial charge in [-0.3, -0.25) is 14.5 Å². The second-order valence-corrected chi connectivity index (χ2v) is 14.2. The molecule has 1 amide bonds. The first kappa shape index (κ1) is 28.5. The predicted octanol–water partition coefficient (Wildman–Crippen LogP) is 5.34. The zero-order valence-corrected chi connectivity index (χ0v) is 26.2. The third-order valence-electron chi connectivity index (χ3n) is 11.0. The first-order valence-electron chi connectivity index (χ1n) is 16.3. The molecule has 43 heavy (non-hydrogen) atoms. The molecule has 2 aromatic rings. The van der Waals surface area contributed by atoms with E-state index in [1.165, 1.54) is 35.1 Å². The van der Waals surface area contributed by atoms with Crippen molar-refractivity contribution >= 4 is 11.9 Å². The molecule has 3 aliphatic carbocycles. The van der Waals surface area contributed by atoms with Crippen LogP contribution in [0.2, 0.25) is 0 Å². The summed E-state index contributed by atoms with van der Waals surface area (Å²) in [6.07, 6.45) is 5.42. The minimum atomic E-state index is -0.676. The summed E-state index contributed by atoms with van der Waals surface area (Å²) in [7, 11) is 0.